The van der Waals surface area contributed by atoms with Gasteiger partial charge in [-0.2, -0.15) is 0 Å². The lowest BCUT2D eigenvalue weighted by Crippen LogP contribution is -2.31. The average molecular weight is 351 g/mol. The Hall–Kier alpha value is -2.65. The molecule has 0 saturated carbocycles. The van der Waals surface area contributed by atoms with Gasteiger partial charge in [-0.3, -0.25) is 9.69 Å². The summed E-state index contributed by atoms with van der Waals surface area (Å²) >= 11 is 5.93. The van der Waals surface area contributed by atoms with Crippen LogP contribution in [0, 0.1) is 0 Å². The van der Waals surface area contributed by atoms with Gasteiger partial charge in [0.05, 0.1) is 6.54 Å². The van der Waals surface area contributed by atoms with Crippen LogP contribution >= 0.6 is 11.6 Å². The van der Waals surface area contributed by atoms with Crippen LogP contribution in [0.5, 0.6) is 0 Å². The molecule has 0 spiro atoms. The summed E-state index contributed by atoms with van der Waals surface area (Å²) in [5, 5.41) is 0.607. The summed E-state index contributed by atoms with van der Waals surface area (Å²) in [7, 11) is 0. The minimum atomic E-state index is -0.102. The van der Waals surface area contributed by atoms with E-state index in [0.29, 0.717) is 22.9 Å². The number of carbonyl (C=O) groups is 1. The predicted octanol–water partition coefficient (Wildman–Crippen LogP) is 5.14. The molecule has 0 atom stereocenters. The highest BCUT2D eigenvalue weighted by Gasteiger charge is 2.19. The highest BCUT2D eigenvalue weighted by Crippen LogP contribution is 2.19. The summed E-state index contributed by atoms with van der Waals surface area (Å²) in [6.07, 6.45) is 2.69. The third kappa shape index (κ3) is 4.25. The van der Waals surface area contributed by atoms with Gasteiger partial charge in [0.15, 0.2) is 0 Å². The number of benzene rings is 2. The van der Waals surface area contributed by atoms with E-state index in [1.54, 1.807) is 35.4 Å². The van der Waals surface area contributed by atoms with E-state index >= 15 is 0 Å². The summed E-state index contributed by atoms with van der Waals surface area (Å²) in [5.74, 6) is 0.525. The maximum absolute atomic E-state index is 13.0. The van der Waals surface area contributed by atoms with E-state index in [1.807, 2.05) is 18.2 Å². The van der Waals surface area contributed by atoms with E-state index in [-0.39, 0.29) is 5.91 Å². The van der Waals surface area contributed by atoms with Gasteiger partial charge in [-0.1, -0.05) is 48.9 Å². The van der Waals surface area contributed by atoms with Crippen molar-refractivity contribution in [3.05, 3.63) is 94.6 Å². The number of amides is 1. The Kier molecular flexibility index (Phi) is 5.46. The maximum Gasteiger partial charge on any atom is 0.259 e. The molecule has 0 saturated heterocycles. The number of carbonyl (C=O) groups excluding carboxylic acids is 1. The lowest BCUT2D eigenvalue weighted by molar-refractivity contribution is 0.0984. The number of hydrogen-bond donors (Lipinski definition) is 0. The van der Waals surface area contributed by atoms with E-state index in [4.69, 9.17) is 11.6 Å². The molecule has 0 aliphatic rings. The van der Waals surface area contributed by atoms with Crippen LogP contribution in [0.1, 0.15) is 28.4 Å². The molecule has 0 radical (unpaired) electrons. The van der Waals surface area contributed by atoms with Crippen LogP contribution in [0.2, 0.25) is 5.02 Å². The maximum atomic E-state index is 13.0. The zero-order valence-electron chi connectivity index (χ0n) is 14.0. The summed E-state index contributed by atoms with van der Waals surface area (Å²) < 4.78 is 0. The zero-order chi connectivity index (χ0) is 17.6. The second kappa shape index (κ2) is 7.95. The number of anilines is 1. The molecule has 1 aromatic heterocycles. The second-order valence-corrected chi connectivity index (χ2v) is 6.19. The first kappa shape index (κ1) is 17.2. The Balaban J connectivity index is 1.92. The molecule has 126 valence electrons. The quantitative estimate of drug-likeness (QED) is 0.638. The Labute approximate surface area is 152 Å². The smallest absolute Gasteiger partial charge is 0.259 e. The van der Waals surface area contributed by atoms with Crippen molar-refractivity contribution in [2.45, 2.75) is 19.9 Å². The van der Waals surface area contributed by atoms with Crippen molar-refractivity contribution in [2.75, 3.05) is 4.90 Å². The minimum Gasteiger partial charge on any atom is -0.288 e. The molecule has 0 bridgehead atoms. The molecule has 2 aromatic carbocycles. The summed E-state index contributed by atoms with van der Waals surface area (Å²) in [5.41, 5.74) is 2.92. The lowest BCUT2D eigenvalue weighted by atomic mass is 10.1. The third-order valence-corrected chi connectivity index (χ3v) is 4.29. The number of hydrogen-bond acceptors (Lipinski definition) is 2. The fourth-order valence-electron chi connectivity index (χ4n) is 2.58. The predicted molar refractivity (Wildman–Crippen MR) is 102 cm³/mol. The van der Waals surface area contributed by atoms with Gasteiger partial charge in [0.2, 0.25) is 0 Å². The van der Waals surface area contributed by atoms with E-state index < -0.39 is 0 Å². The zero-order valence-corrected chi connectivity index (χ0v) is 14.8. The number of pyridine rings is 1. The van der Waals surface area contributed by atoms with Crippen LogP contribution < -0.4 is 4.90 Å². The number of rotatable bonds is 5. The van der Waals surface area contributed by atoms with Crippen LogP contribution in [0.4, 0.5) is 5.82 Å². The standard InChI is InChI=1S/C21H19ClN2O/c1-2-16-6-8-17(9-7-16)15-24(20-5-3-4-14-23-20)21(25)18-10-12-19(22)13-11-18/h3-14H,2,15H2,1H3. The van der Waals surface area contributed by atoms with Crippen molar-refractivity contribution < 1.29 is 4.79 Å². The first-order valence-electron chi connectivity index (χ1n) is 8.23. The van der Waals surface area contributed by atoms with E-state index in [9.17, 15) is 4.79 Å². The average Bonchev–Trinajstić information content (AvgIpc) is 2.67. The molecular formula is C21H19ClN2O. The van der Waals surface area contributed by atoms with Gasteiger partial charge in [-0.05, 0) is 53.9 Å². The fourth-order valence-corrected chi connectivity index (χ4v) is 2.71. The van der Waals surface area contributed by atoms with Gasteiger partial charge in [-0.25, -0.2) is 4.98 Å². The van der Waals surface area contributed by atoms with Crippen molar-refractivity contribution in [3.63, 3.8) is 0 Å². The number of halogens is 1. The number of nitrogens with zero attached hydrogens (tertiary/aromatic N) is 2. The molecule has 1 amide bonds. The normalized spacial score (nSPS) is 10.5. The molecule has 3 rings (SSSR count). The van der Waals surface area contributed by atoms with E-state index in [0.717, 1.165) is 12.0 Å². The molecule has 0 aliphatic heterocycles. The van der Waals surface area contributed by atoms with Gasteiger partial charge >= 0.3 is 0 Å². The second-order valence-electron chi connectivity index (χ2n) is 5.76. The molecule has 0 unspecified atom stereocenters. The molecule has 3 nitrogen and oxygen atoms in total. The largest absolute Gasteiger partial charge is 0.288 e. The molecule has 0 N–H and O–H groups in total. The van der Waals surface area contributed by atoms with E-state index in [2.05, 4.69) is 36.2 Å². The molecule has 0 aliphatic carbocycles. The van der Waals surface area contributed by atoms with Gasteiger partial charge in [0.25, 0.3) is 5.91 Å². The Bertz CT molecular complexity index is 830. The topological polar surface area (TPSA) is 33.2 Å². The Morgan fingerprint density at radius 2 is 1.64 bits per heavy atom. The van der Waals surface area contributed by atoms with Crippen LogP contribution in [0.25, 0.3) is 0 Å². The number of aryl methyl sites for hydroxylation is 1. The van der Waals surface area contributed by atoms with Gasteiger partial charge in [0.1, 0.15) is 5.82 Å². The lowest BCUT2D eigenvalue weighted by Gasteiger charge is -2.22. The van der Waals surface area contributed by atoms with Gasteiger partial charge in [0, 0.05) is 16.8 Å². The molecule has 3 aromatic rings. The van der Waals surface area contributed by atoms with E-state index in [1.165, 1.54) is 5.56 Å². The fraction of sp³-hybridized carbons (Fsp3) is 0.143. The Morgan fingerprint density at radius 1 is 0.960 bits per heavy atom. The van der Waals surface area contributed by atoms with Crippen LogP contribution in [0.3, 0.4) is 0 Å². The summed E-state index contributed by atoms with van der Waals surface area (Å²) in [6.45, 7) is 2.59. The molecule has 4 heteroatoms. The van der Waals surface area contributed by atoms with Crippen LogP contribution in [-0.4, -0.2) is 10.9 Å². The van der Waals surface area contributed by atoms with Crippen molar-refractivity contribution in [1.29, 1.82) is 0 Å². The molecule has 0 fully saturated rings. The molecule has 1 heterocycles. The number of aromatic nitrogens is 1. The van der Waals surface area contributed by atoms with Crippen molar-refractivity contribution in [2.24, 2.45) is 0 Å². The SMILES string of the molecule is CCc1ccc(CN(C(=O)c2ccc(Cl)cc2)c2ccccn2)cc1. The highest BCUT2D eigenvalue weighted by atomic mass is 35.5. The molecular weight excluding hydrogens is 332 g/mol. The van der Waals surface area contributed by atoms with Crippen molar-refractivity contribution in [3.8, 4) is 0 Å². The van der Waals surface area contributed by atoms with Gasteiger partial charge in [-0.15, -0.1) is 0 Å². The van der Waals surface area contributed by atoms with Crippen LogP contribution in [0.15, 0.2) is 72.9 Å². The first-order valence-corrected chi connectivity index (χ1v) is 8.61. The minimum absolute atomic E-state index is 0.102. The van der Waals surface area contributed by atoms with Crippen molar-refractivity contribution >= 4 is 23.3 Å². The summed E-state index contributed by atoms with van der Waals surface area (Å²) in [6, 6.07) is 20.8. The Morgan fingerprint density at radius 3 is 2.24 bits per heavy atom. The highest BCUT2D eigenvalue weighted by molar-refractivity contribution is 6.30. The first-order chi connectivity index (χ1) is 12.2. The van der Waals surface area contributed by atoms with Gasteiger partial charge < -0.3 is 0 Å². The monoisotopic (exact) mass is 350 g/mol. The van der Waals surface area contributed by atoms with Crippen LogP contribution in [-0.2, 0) is 13.0 Å². The summed E-state index contributed by atoms with van der Waals surface area (Å²) in [4.78, 5) is 19.1. The molecule has 25 heavy (non-hydrogen) atoms. The van der Waals surface area contributed by atoms with Crippen molar-refractivity contribution in [1.82, 2.24) is 4.98 Å². The third-order valence-electron chi connectivity index (χ3n) is 4.03.